The predicted molar refractivity (Wildman–Crippen MR) is 142 cm³/mol. The van der Waals surface area contributed by atoms with Gasteiger partial charge in [-0.15, -0.1) is 0 Å². The molecule has 7 nitrogen and oxygen atoms in total. The Labute approximate surface area is 211 Å². The highest BCUT2D eigenvalue weighted by molar-refractivity contribution is 5.79. The van der Waals surface area contributed by atoms with E-state index in [4.69, 9.17) is 9.97 Å². The van der Waals surface area contributed by atoms with E-state index in [1.54, 1.807) is 0 Å². The largest absolute Gasteiger partial charge is 0.438 e. The molecule has 2 aromatic carbocycles. The molecule has 36 heavy (non-hydrogen) atoms. The minimum absolute atomic E-state index is 0.481. The molecule has 0 aliphatic carbocycles. The Morgan fingerprint density at radius 1 is 0.861 bits per heavy atom. The maximum Gasteiger partial charge on any atom is 0.438 e. The molecular weight excluding hydrogens is 450 g/mol. The van der Waals surface area contributed by atoms with Gasteiger partial charge < -0.3 is 4.90 Å². The maximum atomic E-state index is 11.0. The highest BCUT2D eigenvalue weighted by atomic mass is 16.5. The summed E-state index contributed by atoms with van der Waals surface area (Å²) in [7, 11) is 0. The summed E-state index contributed by atoms with van der Waals surface area (Å²) in [5.41, 5.74) is 7.69. The third kappa shape index (κ3) is 5.56. The van der Waals surface area contributed by atoms with Crippen LogP contribution in [0, 0.1) is 13.8 Å². The van der Waals surface area contributed by atoms with Gasteiger partial charge in [-0.25, -0.2) is 14.8 Å². The van der Waals surface area contributed by atoms with E-state index in [1.165, 1.54) is 11.1 Å². The molecule has 5 rings (SSSR count). The van der Waals surface area contributed by atoms with Crippen molar-refractivity contribution in [3.63, 3.8) is 0 Å². The number of aromatic nitrogens is 4. The summed E-state index contributed by atoms with van der Waals surface area (Å²) in [6.07, 6.45) is 7.08. The Morgan fingerprint density at radius 3 is 2.14 bits per heavy atom. The fraction of sp³-hybridized carbons (Fsp3) is 0.379. The second-order valence-electron chi connectivity index (χ2n) is 9.72. The van der Waals surface area contributed by atoms with Gasteiger partial charge in [-0.05, 0) is 39.5 Å². The quantitative estimate of drug-likeness (QED) is 0.309. The van der Waals surface area contributed by atoms with Gasteiger partial charge in [-0.3, -0.25) is 9.51 Å². The van der Waals surface area contributed by atoms with Gasteiger partial charge in [-0.2, -0.15) is 0 Å². The van der Waals surface area contributed by atoms with Crippen molar-refractivity contribution < 1.29 is 4.52 Å². The van der Waals surface area contributed by atoms with E-state index in [-0.39, 0.29) is 0 Å². The molecule has 0 unspecified atom stereocenters. The predicted octanol–water partition coefficient (Wildman–Crippen LogP) is 5.66. The molecule has 0 saturated carbocycles. The Bertz CT molecular complexity index is 1360. The van der Waals surface area contributed by atoms with E-state index in [1.807, 2.05) is 0 Å². The van der Waals surface area contributed by atoms with Crippen molar-refractivity contribution in [3.8, 4) is 22.5 Å². The van der Waals surface area contributed by atoms with Crippen LogP contribution in [0.5, 0.6) is 0 Å². The molecule has 0 atom stereocenters. The summed E-state index contributed by atoms with van der Waals surface area (Å²) in [5.74, 6) is 1.19. The summed E-state index contributed by atoms with van der Waals surface area (Å²) in [6, 6.07) is 17.2. The van der Waals surface area contributed by atoms with Crippen LogP contribution in [0.2, 0.25) is 0 Å². The second kappa shape index (κ2) is 10.9. The van der Waals surface area contributed by atoms with E-state index in [2.05, 4.69) is 81.9 Å². The highest BCUT2D eigenvalue weighted by Crippen LogP contribution is 2.35. The van der Waals surface area contributed by atoms with Crippen molar-refractivity contribution in [1.82, 2.24) is 20.1 Å². The summed E-state index contributed by atoms with van der Waals surface area (Å²) in [4.78, 5) is 26.5. The average molecular weight is 484 g/mol. The van der Waals surface area contributed by atoms with Crippen LogP contribution in [0.25, 0.3) is 22.5 Å². The molecule has 0 fully saturated rings. The molecule has 0 amide bonds. The van der Waals surface area contributed by atoms with Gasteiger partial charge in [0, 0.05) is 30.6 Å². The van der Waals surface area contributed by atoms with Gasteiger partial charge in [0.2, 0.25) is 0 Å². The van der Waals surface area contributed by atoms with Crippen molar-refractivity contribution in [1.29, 1.82) is 0 Å². The molecule has 2 aromatic heterocycles. The number of rotatable bonds is 9. The Morgan fingerprint density at radius 2 is 1.50 bits per heavy atom. The lowest BCUT2D eigenvalue weighted by Crippen LogP contribution is -2.32. The van der Waals surface area contributed by atoms with Gasteiger partial charge in [0.15, 0.2) is 11.6 Å². The minimum atomic E-state index is -0.481. The van der Waals surface area contributed by atoms with Gasteiger partial charge in [0.05, 0.1) is 17.1 Å². The van der Waals surface area contributed by atoms with Crippen LogP contribution in [0.3, 0.4) is 0 Å². The molecule has 1 aliphatic rings. The molecule has 1 N–H and O–H groups in total. The van der Waals surface area contributed by atoms with E-state index in [0.29, 0.717) is 5.82 Å². The van der Waals surface area contributed by atoms with Crippen molar-refractivity contribution in [2.75, 3.05) is 18.0 Å². The van der Waals surface area contributed by atoms with Gasteiger partial charge in [-0.1, -0.05) is 77.7 Å². The normalized spacial score (nSPS) is 13.1. The lowest BCUT2D eigenvalue weighted by Gasteiger charge is -2.30. The van der Waals surface area contributed by atoms with Crippen LogP contribution in [-0.2, 0) is 12.8 Å². The van der Waals surface area contributed by atoms with Crippen LogP contribution in [0.1, 0.15) is 54.7 Å². The van der Waals surface area contributed by atoms with Gasteiger partial charge >= 0.3 is 5.76 Å². The number of nitrogens with one attached hydrogen (secondary N) is 1. The molecule has 0 saturated heterocycles. The molecule has 0 bridgehead atoms. The van der Waals surface area contributed by atoms with Gasteiger partial charge in [0.25, 0.3) is 0 Å². The van der Waals surface area contributed by atoms with E-state index in [9.17, 15) is 4.79 Å². The first-order valence-electron chi connectivity index (χ1n) is 12.9. The fourth-order valence-corrected chi connectivity index (χ4v) is 4.79. The zero-order valence-corrected chi connectivity index (χ0v) is 21.1. The SMILES string of the molecule is Cc1ccc(-c2nc3c(nc2-c2ccc(C)cc2)N(CCCCCCc2noc(=O)[nH]2)CCC3)cc1. The third-order valence-corrected chi connectivity index (χ3v) is 6.81. The number of hydrogen-bond donors (Lipinski definition) is 1. The maximum absolute atomic E-state index is 11.0. The summed E-state index contributed by atoms with van der Waals surface area (Å²) < 4.78 is 4.56. The molecule has 7 heteroatoms. The topological polar surface area (TPSA) is 87.9 Å². The number of benzene rings is 2. The molecule has 1 aliphatic heterocycles. The second-order valence-corrected chi connectivity index (χ2v) is 9.72. The van der Waals surface area contributed by atoms with Crippen LogP contribution in [-0.4, -0.2) is 33.2 Å². The number of nitrogens with zero attached hydrogens (tertiary/aromatic N) is 4. The van der Waals surface area contributed by atoms with E-state index < -0.39 is 5.76 Å². The Balaban J connectivity index is 1.33. The standard InChI is InChI=1S/C29H33N5O2/c1-20-10-14-22(15-11-20)26-27(23-16-12-21(2)13-17-23)32-28-24(30-26)8-7-19-34(28)18-6-4-3-5-9-25-31-29(35)36-33-25/h10-17H,3-9,18-19H2,1-2H3,(H,31,33,35). The van der Waals surface area contributed by atoms with Crippen LogP contribution >= 0.6 is 0 Å². The number of aryl methyl sites for hydroxylation is 4. The number of anilines is 1. The average Bonchev–Trinajstić information content (AvgIpc) is 3.31. The van der Waals surface area contributed by atoms with Crippen molar-refractivity contribution in [2.24, 2.45) is 0 Å². The van der Waals surface area contributed by atoms with Crippen molar-refractivity contribution in [3.05, 3.63) is 81.7 Å². The minimum Gasteiger partial charge on any atom is -0.355 e. The lowest BCUT2D eigenvalue weighted by atomic mass is 10.0. The smallest absolute Gasteiger partial charge is 0.355 e. The van der Waals surface area contributed by atoms with Crippen LogP contribution < -0.4 is 10.7 Å². The number of fused-ring (bicyclic) bond motifs is 1. The summed E-state index contributed by atoms with van der Waals surface area (Å²) in [5, 5.41) is 3.74. The lowest BCUT2D eigenvalue weighted by molar-refractivity contribution is 0.380. The highest BCUT2D eigenvalue weighted by Gasteiger charge is 2.23. The molecule has 3 heterocycles. The first kappa shape index (κ1) is 24.0. The first-order valence-corrected chi connectivity index (χ1v) is 12.9. The monoisotopic (exact) mass is 483 g/mol. The summed E-state index contributed by atoms with van der Waals surface area (Å²) in [6.45, 7) is 6.20. The molecule has 0 spiro atoms. The number of aromatic amines is 1. The molecule has 4 aromatic rings. The number of hydrogen-bond acceptors (Lipinski definition) is 6. The van der Waals surface area contributed by atoms with E-state index >= 15 is 0 Å². The number of H-pyrrole nitrogens is 1. The van der Waals surface area contributed by atoms with Crippen LogP contribution in [0.4, 0.5) is 5.82 Å². The third-order valence-electron chi connectivity index (χ3n) is 6.81. The Kier molecular flexibility index (Phi) is 7.26. The molecule has 0 radical (unpaired) electrons. The van der Waals surface area contributed by atoms with Gasteiger partial charge in [0.1, 0.15) is 0 Å². The van der Waals surface area contributed by atoms with Crippen molar-refractivity contribution >= 4 is 5.82 Å². The zero-order chi connectivity index (χ0) is 24.9. The Hall–Kier alpha value is -3.74. The number of unbranched alkanes of at least 4 members (excludes halogenated alkanes) is 3. The summed E-state index contributed by atoms with van der Waals surface area (Å²) >= 11 is 0. The first-order chi connectivity index (χ1) is 17.6. The van der Waals surface area contributed by atoms with E-state index in [0.717, 1.165) is 92.1 Å². The molecular formula is C29H33N5O2. The zero-order valence-electron chi connectivity index (χ0n) is 21.1. The fourth-order valence-electron chi connectivity index (χ4n) is 4.79. The van der Waals surface area contributed by atoms with Crippen molar-refractivity contribution in [2.45, 2.75) is 58.8 Å². The van der Waals surface area contributed by atoms with Crippen LogP contribution in [0.15, 0.2) is 57.8 Å². The molecule has 186 valence electrons.